The molecule has 0 radical (unpaired) electrons. The largest absolute Gasteiger partial charge is 0.392 e. The van der Waals surface area contributed by atoms with Gasteiger partial charge in [0.15, 0.2) is 0 Å². The summed E-state index contributed by atoms with van der Waals surface area (Å²) < 4.78 is 0. The van der Waals surface area contributed by atoms with Gasteiger partial charge in [-0.3, -0.25) is 0 Å². The van der Waals surface area contributed by atoms with Crippen LogP contribution in [0.2, 0.25) is 0 Å². The number of aliphatic hydroxyl groups is 1. The SMILES string of the molecule is C=CC(=C)C[C@@H](O)CC(=C)C. The maximum atomic E-state index is 9.35. The van der Waals surface area contributed by atoms with Gasteiger partial charge in [-0.1, -0.05) is 30.4 Å². The molecular weight excluding hydrogens is 136 g/mol. The molecule has 0 heterocycles. The fourth-order valence-electron chi connectivity index (χ4n) is 0.860. The van der Waals surface area contributed by atoms with Gasteiger partial charge < -0.3 is 5.11 Å². The summed E-state index contributed by atoms with van der Waals surface area (Å²) >= 11 is 0. The van der Waals surface area contributed by atoms with Gasteiger partial charge in [0.2, 0.25) is 0 Å². The van der Waals surface area contributed by atoms with E-state index in [4.69, 9.17) is 0 Å². The van der Waals surface area contributed by atoms with E-state index in [0.29, 0.717) is 12.8 Å². The Morgan fingerprint density at radius 1 is 1.45 bits per heavy atom. The van der Waals surface area contributed by atoms with Crippen LogP contribution in [-0.2, 0) is 0 Å². The van der Waals surface area contributed by atoms with Crippen LogP contribution in [0, 0.1) is 0 Å². The summed E-state index contributed by atoms with van der Waals surface area (Å²) in [6.45, 7) is 12.9. The first-order valence-corrected chi connectivity index (χ1v) is 3.69. The topological polar surface area (TPSA) is 20.2 Å². The van der Waals surface area contributed by atoms with Crippen LogP contribution in [0.5, 0.6) is 0 Å². The van der Waals surface area contributed by atoms with Crippen LogP contribution in [0.4, 0.5) is 0 Å². The highest BCUT2D eigenvalue weighted by Crippen LogP contribution is 2.10. The second kappa shape index (κ2) is 4.91. The van der Waals surface area contributed by atoms with Crippen LogP contribution in [-0.4, -0.2) is 11.2 Å². The van der Waals surface area contributed by atoms with E-state index in [-0.39, 0.29) is 6.10 Å². The lowest BCUT2D eigenvalue weighted by molar-refractivity contribution is 0.176. The van der Waals surface area contributed by atoms with Crippen LogP contribution in [0.1, 0.15) is 19.8 Å². The van der Waals surface area contributed by atoms with Gasteiger partial charge in [-0.25, -0.2) is 0 Å². The normalized spacial score (nSPS) is 12.2. The molecule has 0 rings (SSSR count). The highest BCUT2D eigenvalue weighted by atomic mass is 16.3. The van der Waals surface area contributed by atoms with E-state index < -0.39 is 0 Å². The quantitative estimate of drug-likeness (QED) is 0.474. The van der Waals surface area contributed by atoms with Crippen molar-refractivity contribution in [2.45, 2.75) is 25.9 Å². The van der Waals surface area contributed by atoms with Gasteiger partial charge in [0.25, 0.3) is 0 Å². The van der Waals surface area contributed by atoms with Gasteiger partial charge >= 0.3 is 0 Å². The highest BCUT2D eigenvalue weighted by molar-refractivity contribution is 5.12. The third-order valence-electron chi connectivity index (χ3n) is 1.37. The molecule has 0 aromatic rings. The smallest absolute Gasteiger partial charge is 0.0617 e. The molecule has 1 atom stereocenters. The first-order valence-electron chi connectivity index (χ1n) is 3.69. The predicted octanol–water partition coefficient (Wildman–Crippen LogP) is 2.45. The average molecular weight is 152 g/mol. The molecule has 0 aliphatic heterocycles. The first kappa shape index (κ1) is 10.2. The fraction of sp³-hybridized carbons (Fsp3) is 0.400. The van der Waals surface area contributed by atoms with E-state index in [1.165, 1.54) is 0 Å². The maximum absolute atomic E-state index is 9.35. The molecule has 0 saturated heterocycles. The van der Waals surface area contributed by atoms with Crippen molar-refractivity contribution in [2.24, 2.45) is 0 Å². The first-order chi connectivity index (χ1) is 5.06. The van der Waals surface area contributed by atoms with Crippen LogP contribution in [0.15, 0.2) is 37.0 Å². The Hall–Kier alpha value is -0.820. The van der Waals surface area contributed by atoms with Gasteiger partial charge in [0.05, 0.1) is 6.10 Å². The lowest BCUT2D eigenvalue weighted by Crippen LogP contribution is -2.06. The maximum Gasteiger partial charge on any atom is 0.0617 e. The van der Waals surface area contributed by atoms with Crippen molar-refractivity contribution in [3.63, 3.8) is 0 Å². The van der Waals surface area contributed by atoms with Crippen molar-refractivity contribution in [1.82, 2.24) is 0 Å². The number of aliphatic hydroxyl groups excluding tert-OH is 1. The Morgan fingerprint density at radius 2 is 2.00 bits per heavy atom. The number of rotatable bonds is 5. The molecule has 1 nitrogen and oxygen atoms in total. The number of allylic oxidation sites excluding steroid dienone is 1. The van der Waals surface area contributed by atoms with Gasteiger partial charge in [-0.2, -0.15) is 0 Å². The average Bonchev–Trinajstić information content (AvgIpc) is 1.85. The van der Waals surface area contributed by atoms with Crippen molar-refractivity contribution in [3.8, 4) is 0 Å². The van der Waals surface area contributed by atoms with E-state index in [1.54, 1.807) is 6.08 Å². The molecule has 0 aromatic heterocycles. The molecule has 0 saturated carbocycles. The molecule has 1 heteroatoms. The molecule has 0 aromatic carbocycles. The number of hydrogen-bond acceptors (Lipinski definition) is 1. The van der Waals surface area contributed by atoms with Crippen LogP contribution >= 0.6 is 0 Å². The van der Waals surface area contributed by atoms with E-state index >= 15 is 0 Å². The Balaban J connectivity index is 3.68. The minimum absolute atomic E-state index is 0.349. The van der Waals surface area contributed by atoms with Crippen LogP contribution in [0.3, 0.4) is 0 Å². The standard InChI is InChI=1S/C10H16O/c1-5-9(4)7-10(11)6-8(2)3/h5,10-11H,1-2,4,6-7H2,3H3/t10-/m0/s1. The molecule has 1 N–H and O–H groups in total. The summed E-state index contributed by atoms with van der Waals surface area (Å²) in [5, 5.41) is 9.35. The lowest BCUT2D eigenvalue weighted by Gasteiger charge is -2.09. The zero-order valence-corrected chi connectivity index (χ0v) is 7.14. The summed E-state index contributed by atoms with van der Waals surface area (Å²) in [5.41, 5.74) is 1.87. The molecule has 11 heavy (non-hydrogen) atoms. The Morgan fingerprint density at radius 3 is 2.36 bits per heavy atom. The molecule has 0 spiro atoms. The van der Waals surface area contributed by atoms with Crippen molar-refractivity contribution in [2.75, 3.05) is 0 Å². The van der Waals surface area contributed by atoms with E-state index in [1.807, 2.05) is 6.92 Å². The summed E-state index contributed by atoms with van der Waals surface area (Å²) in [5.74, 6) is 0. The van der Waals surface area contributed by atoms with Crippen LogP contribution in [0.25, 0.3) is 0 Å². The zero-order chi connectivity index (χ0) is 8.85. The second-order valence-electron chi connectivity index (χ2n) is 2.88. The van der Waals surface area contributed by atoms with E-state index in [0.717, 1.165) is 11.1 Å². The van der Waals surface area contributed by atoms with Gasteiger partial charge in [-0.05, 0) is 19.8 Å². The van der Waals surface area contributed by atoms with Gasteiger partial charge in [0, 0.05) is 0 Å². The third kappa shape index (κ3) is 5.62. The minimum atomic E-state index is -0.349. The monoisotopic (exact) mass is 152 g/mol. The zero-order valence-electron chi connectivity index (χ0n) is 7.14. The highest BCUT2D eigenvalue weighted by Gasteiger charge is 2.03. The molecule has 0 aliphatic carbocycles. The molecular formula is C10H16O. The van der Waals surface area contributed by atoms with Gasteiger partial charge in [-0.15, -0.1) is 6.58 Å². The molecule has 0 unspecified atom stereocenters. The lowest BCUT2D eigenvalue weighted by atomic mass is 10.0. The molecule has 0 aliphatic rings. The summed E-state index contributed by atoms with van der Waals surface area (Å²) in [6, 6.07) is 0. The van der Waals surface area contributed by atoms with Crippen molar-refractivity contribution in [3.05, 3.63) is 37.0 Å². The third-order valence-corrected chi connectivity index (χ3v) is 1.37. The molecule has 0 fully saturated rings. The van der Waals surface area contributed by atoms with E-state index in [2.05, 4.69) is 19.7 Å². The molecule has 0 amide bonds. The fourth-order valence-corrected chi connectivity index (χ4v) is 0.860. The predicted molar refractivity (Wildman–Crippen MR) is 49.4 cm³/mol. The second-order valence-corrected chi connectivity index (χ2v) is 2.88. The molecule has 62 valence electrons. The van der Waals surface area contributed by atoms with Crippen molar-refractivity contribution < 1.29 is 5.11 Å². The minimum Gasteiger partial charge on any atom is -0.392 e. The summed E-state index contributed by atoms with van der Waals surface area (Å²) in [4.78, 5) is 0. The van der Waals surface area contributed by atoms with Crippen molar-refractivity contribution >= 4 is 0 Å². The van der Waals surface area contributed by atoms with E-state index in [9.17, 15) is 5.11 Å². The molecule has 0 bridgehead atoms. The van der Waals surface area contributed by atoms with Gasteiger partial charge in [0.1, 0.15) is 0 Å². The Bertz CT molecular complexity index is 168. The summed E-state index contributed by atoms with van der Waals surface area (Å²) in [6.07, 6.45) is 2.56. The number of hydrogen-bond donors (Lipinski definition) is 1. The van der Waals surface area contributed by atoms with Crippen molar-refractivity contribution in [1.29, 1.82) is 0 Å². The Kier molecular flexibility index (Phi) is 4.55. The Labute approximate surface area is 68.7 Å². The van der Waals surface area contributed by atoms with Crippen LogP contribution < -0.4 is 0 Å². The summed E-state index contributed by atoms with van der Waals surface area (Å²) in [7, 11) is 0.